The Kier molecular flexibility index (Phi) is 3.89. The van der Waals surface area contributed by atoms with Crippen molar-refractivity contribution in [2.45, 2.75) is 12.0 Å². The summed E-state index contributed by atoms with van der Waals surface area (Å²) in [7, 11) is 3.20. The minimum Gasteiger partial charge on any atom is -0.467 e. The van der Waals surface area contributed by atoms with Crippen molar-refractivity contribution in [2.24, 2.45) is 0 Å². The van der Waals surface area contributed by atoms with Crippen LogP contribution in [0.3, 0.4) is 0 Å². The molecule has 1 fully saturated rings. The largest absolute Gasteiger partial charge is 0.467 e. The Balaban J connectivity index is 1.88. The van der Waals surface area contributed by atoms with Gasteiger partial charge in [0.15, 0.2) is 5.82 Å². The molecular formula is C12H15ClN6O2. The first-order valence-corrected chi connectivity index (χ1v) is 6.80. The monoisotopic (exact) mass is 310 g/mol. The van der Waals surface area contributed by atoms with Crippen LogP contribution in [0.2, 0.25) is 5.02 Å². The molecule has 3 rings (SSSR count). The Labute approximate surface area is 126 Å². The molecule has 9 heteroatoms. The highest BCUT2D eigenvalue weighted by Gasteiger charge is 2.37. The summed E-state index contributed by atoms with van der Waals surface area (Å²) < 4.78 is 10.6. The zero-order valence-corrected chi connectivity index (χ0v) is 12.4. The van der Waals surface area contributed by atoms with E-state index in [2.05, 4.69) is 25.4 Å². The number of methoxy groups -OCH3 is 2. The fourth-order valence-corrected chi connectivity index (χ4v) is 2.73. The van der Waals surface area contributed by atoms with Gasteiger partial charge in [-0.25, -0.2) is 4.98 Å². The fraction of sp³-hybridized carbons (Fsp3) is 0.500. The zero-order chi connectivity index (χ0) is 14.8. The zero-order valence-electron chi connectivity index (χ0n) is 11.7. The first-order chi connectivity index (χ1) is 10.2. The van der Waals surface area contributed by atoms with Gasteiger partial charge in [0.25, 0.3) is 0 Å². The molecule has 21 heavy (non-hydrogen) atoms. The number of nitrogens with one attached hydrogen (secondary N) is 1. The first-order valence-electron chi connectivity index (χ1n) is 6.43. The van der Waals surface area contributed by atoms with Crippen LogP contribution >= 0.6 is 11.6 Å². The Morgan fingerprint density at radius 1 is 1.33 bits per heavy atom. The van der Waals surface area contributed by atoms with Crippen molar-refractivity contribution in [1.29, 1.82) is 0 Å². The highest BCUT2D eigenvalue weighted by Crippen LogP contribution is 2.34. The number of aromatic amines is 1. The molecule has 0 radical (unpaired) electrons. The standard InChI is InChI=1S/C12H15ClN6O2/c1-20-10-6-19(5-7(10)9-4-15-18-17-9)11-8(13)3-14-12(16-11)21-2/h3-4,7,10H,5-6H2,1-2H3,(H,15,17,18)/t7-,10+/m0/s1. The maximum absolute atomic E-state index is 6.20. The quantitative estimate of drug-likeness (QED) is 0.896. The summed E-state index contributed by atoms with van der Waals surface area (Å²) in [6.45, 7) is 1.35. The van der Waals surface area contributed by atoms with Gasteiger partial charge in [-0.3, -0.25) is 0 Å². The minimum atomic E-state index is -0.00729. The smallest absolute Gasteiger partial charge is 0.318 e. The normalized spacial score (nSPS) is 21.8. The number of anilines is 1. The first kappa shape index (κ1) is 14.0. The van der Waals surface area contributed by atoms with Crippen molar-refractivity contribution in [3.63, 3.8) is 0 Å². The number of hydrogen-bond donors (Lipinski definition) is 1. The van der Waals surface area contributed by atoms with Crippen LogP contribution < -0.4 is 9.64 Å². The molecule has 0 amide bonds. The molecule has 8 nitrogen and oxygen atoms in total. The van der Waals surface area contributed by atoms with E-state index in [-0.39, 0.29) is 18.0 Å². The van der Waals surface area contributed by atoms with Gasteiger partial charge in [-0.15, -0.1) is 0 Å². The lowest BCUT2D eigenvalue weighted by Gasteiger charge is -2.18. The van der Waals surface area contributed by atoms with Crippen molar-refractivity contribution >= 4 is 17.4 Å². The number of ether oxygens (including phenoxy) is 2. The molecule has 3 heterocycles. The van der Waals surface area contributed by atoms with Crippen LogP contribution in [0.4, 0.5) is 5.82 Å². The van der Waals surface area contributed by atoms with Crippen LogP contribution in [-0.4, -0.2) is 58.8 Å². The summed E-state index contributed by atoms with van der Waals surface area (Å²) >= 11 is 6.20. The van der Waals surface area contributed by atoms with Gasteiger partial charge in [0.2, 0.25) is 0 Å². The molecule has 2 aromatic rings. The molecule has 0 bridgehead atoms. The van der Waals surface area contributed by atoms with Gasteiger partial charge in [0, 0.05) is 20.2 Å². The number of aromatic nitrogens is 5. The van der Waals surface area contributed by atoms with E-state index in [1.165, 1.54) is 13.3 Å². The summed E-state index contributed by atoms with van der Waals surface area (Å²) in [5.74, 6) is 0.738. The Morgan fingerprint density at radius 3 is 2.86 bits per heavy atom. The van der Waals surface area contributed by atoms with E-state index in [4.69, 9.17) is 21.1 Å². The maximum atomic E-state index is 6.20. The highest BCUT2D eigenvalue weighted by atomic mass is 35.5. The summed E-state index contributed by atoms with van der Waals surface area (Å²) in [6, 6.07) is 0.285. The molecule has 112 valence electrons. The molecular weight excluding hydrogens is 296 g/mol. The van der Waals surface area contributed by atoms with E-state index in [9.17, 15) is 0 Å². The lowest BCUT2D eigenvalue weighted by Crippen LogP contribution is -2.23. The van der Waals surface area contributed by atoms with Crippen LogP contribution in [0.15, 0.2) is 12.4 Å². The second-order valence-corrected chi connectivity index (χ2v) is 5.12. The molecule has 1 aliphatic rings. The predicted octanol–water partition coefficient (Wildman–Crippen LogP) is 0.875. The second-order valence-electron chi connectivity index (χ2n) is 4.71. The van der Waals surface area contributed by atoms with Crippen molar-refractivity contribution in [3.05, 3.63) is 23.1 Å². The molecule has 0 spiro atoms. The Morgan fingerprint density at radius 2 is 2.19 bits per heavy atom. The van der Waals surface area contributed by atoms with Crippen molar-refractivity contribution in [3.8, 4) is 6.01 Å². The molecule has 2 aromatic heterocycles. The van der Waals surface area contributed by atoms with Crippen LogP contribution in [0.25, 0.3) is 0 Å². The van der Waals surface area contributed by atoms with Gasteiger partial charge in [0.05, 0.1) is 37.2 Å². The molecule has 1 saturated heterocycles. The molecule has 1 aliphatic heterocycles. The topological polar surface area (TPSA) is 89.0 Å². The number of nitrogens with zero attached hydrogens (tertiary/aromatic N) is 5. The molecule has 0 unspecified atom stereocenters. The Bertz CT molecular complexity index is 608. The van der Waals surface area contributed by atoms with Crippen LogP contribution in [0, 0.1) is 0 Å². The highest BCUT2D eigenvalue weighted by molar-refractivity contribution is 6.32. The van der Waals surface area contributed by atoms with Gasteiger partial charge in [-0.2, -0.15) is 20.4 Å². The van der Waals surface area contributed by atoms with E-state index >= 15 is 0 Å². The van der Waals surface area contributed by atoms with E-state index in [0.717, 1.165) is 5.69 Å². The van der Waals surface area contributed by atoms with Crippen LogP contribution in [-0.2, 0) is 4.74 Å². The van der Waals surface area contributed by atoms with Crippen molar-refractivity contribution in [2.75, 3.05) is 32.2 Å². The minimum absolute atomic E-state index is 0.00729. The molecule has 0 aliphatic carbocycles. The maximum Gasteiger partial charge on any atom is 0.318 e. The molecule has 1 N–H and O–H groups in total. The third-order valence-electron chi connectivity index (χ3n) is 3.57. The van der Waals surface area contributed by atoms with Gasteiger partial charge >= 0.3 is 6.01 Å². The third-order valence-corrected chi connectivity index (χ3v) is 3.83. The predicted molar refractivity (Wildman–Crippen MR) is 75.7 cm³/mol. The summed E-state index contributed by atoms with van der Waals surface area (Å²) in [6.07, 6.45) is 3.24. The van der Waals surface area contributed by atoms with Gasteiger partial charge < -0.3 is 14.4 Å². The third kappa shape index (κ3) is 2.64. The number of halogens is 1. The second kappa shape index (κ2) is 5.82. The summed E-state index contributed by atoms with van der Waals surface area (Å²) in [5.41, 5.74) is 0.862. The fourth-order valence-electron chi connectivity index (χ4n) is 2.52. The number of H-pyrrole nitrogens is 1. The molecule has 2 atom stereocenters. The van der Waals surface area contributed by atoms with Crippen LogP contribution in [0.5, 0.6) is 6.01 Å². The molecule has 0 aromatic carbocycles. The SMILES string of the molecule is COc1ncc(Cl)c(N2C[C@@H](OC)[C@H](c3cn[nH]n3)C2)n1. The number of rotatable bonds is 4. The average molecular weight is 311 g/mol. The number of hydrogen-bond acceptors (Lipinski definition) is 7. The van der Waals surface area contributed by atoms with Crippen molar-refractivity contribution < 1.29 is 9.47 Å². The van der Waals surface area contributed by atoms with E-state index in [1.54, 1.807) is 13.3 Å². The van der Waals surface area contributed by atoms with Gasteiger partial charge in [-0.05, 0) is 0 Å². The van der Waals surface area contributed by atoms with E-state index < -0.39 is 0 Å². The van der Waals surface area contributed by atoms with Gasteiger partial charge in [-0.1, -0.05) is 11.6 Å². The lowest BCUT2D eigenvalue weighted by molar-refractivity contribution is 0.105. The average Bonchev–Trinajstić information content (AvgIpc) is 3.16. The van der Waals surface area contributed by atoms with Crippen LogP contribution in [0.1, 0.15) is 11.6 Å². The lowest BCUT2D eigenvalue weighted by atomic mass is 10.0. The van der Waals surface area contributed by atoms with Gasteiger partial charge in [0.1, 0.15) is 5.02 Å². The summed E-state index contributed by atoms with van der Waals surface area (Å²) in [5, 5.41) is 11.1. The van der Waals surface area contributed by atoms with E-state index in [1.807, 2.05) is 4.90 Å². The van der Waals surface area contributed by atoms with Crippen molar-refractivity contribution in [1.82, 2.24) is 25.4 Å². The Hall–Kier alpha value is -1.93. The van der Waals surface area contributed by atoms with E-state index in [0.29, 0.717) is 23.9 Å². The molecule has 0 saturated carbocycles. The summed E-state index contributed by atoms with van der Waals surface area (Å²) in [4.78, 5) is 10.3.